The maximum Gasteiger partial charge on any atom is 0.284 e. The summed E-state index contributed by atoms with van der Waals surface area (Å²) in [6.45, 7) is 0.410. The van der Waals surface area contributed by atoms with Crippen LogP contribution in [-0.2, 0) is 29.3 Å². The fourth-order valence-corrected chi connectivity index (χ4v) is 5.19. The minimum absolute atomic E-state index is 0.0355. The second kappa shape index (κ2) is 15.3. The number of aromatic nitrogens is 2. The highest BCUT2D eigenvalue weighted by molar-refractivity contribution is 6.05. The first-order valence-corrected chi connectivity index (χ1v) is 14.8. The van der Waals surface area contributed by atoms with E-state index in [2.05, 4.69) is 15.7 Å². The lowest BCUT2D eigenvalue weighted by molar-refractivity contribution is -0.124. The van der Waals surface area contributed by atoms with Crippen LogP contribution in [0.1, 0.15) is 57.8 Å². The van der Waals surface area contributed by atoms with Crippen LogP contribution in [-0.4, -0.2) is 39.6 Å². The lowest BCUT2D eigenvalue weighted by Crippen LogP contribution is -2.47. The molecule has 1 fully saturated rings. The Morgan fingerprint density at radius 3 is 2.27 bits per heavy atom. The first-order valence-electron chi connectivity index (χ1n) is 14.8. The summed E-state index contributed by atoms with van der Waals surface area (Å²) in [5.74, 6) is -1.34. The van der Waals surface area contributed by atoms with E-state index in [1.807, 2.05) is 66.0 Å². The zero-order valence-electron chi connectivity index (χ0n) is 24.6. The number of ether oxygens (including phenoxy) is 2. The summed E-state index contributed by atoms with van der Waals surface area (Å²) >= 11 is 0. The summed E-state index contributed by atoms with van der Waals surface area (Å²) in [5.41, 5.74) is 2.20. The average molecular weight is 607 g/mol. The molecule has 0 unspecified atom stereocenters. The van der Waals surface area contributed by atoms with Crippen LogP contribution in [0, 0.1) is 11.5 Å². The van der Waals surface area contributed by atoms with Crippen molar-refractivity contribution in [1.82, 2.24) is 20.4 Å². The maximum atomic E-state index is 13.5. The number of anilines is 1. The van der Waals surface area contributed by atoms with Crippen molar-refractivity contribution in [3.05, 3.63) is 114 Å². The van der Waals surface area contributed by atoms with Crippen molar-refractivity contribution in [2.45, 2.75) is 57.6 Å². The molecule has 230 valence electrons. The molecule has 0 aliphatic heterocycles. The van der Waals surface area contributed by atoms with Crippen molar-refractivity contribution >= 4 is 23.4 Å². The molecule has 1 aromatic heterocycles. The molecule has 0 spiro atoms. The molecule has 3 aromatic carbocycles. The van der Waals surface area contributed by atoms with Gasteiger partial charge in [0.05, 0.1) is 24.4 Å². The van der Waals surface area contributed by atoms with Crippen molar-refractivity contribution in [3.63, 3.8) is 0 Å². The Labute approximate surface area is 261 Å². The minimum Gasteiger partial charge on any atom is -0.487 e. The molecule has 1 aliphatic carbocycles. The van der Waals surface area contributed by atoms with Crippen LogP contribution in [0.4, 0.5) is 5.69 Å². The topological polar surface area (TPSA) is 147 Å². The third-order valence-corrected chi connectivity index (χ3v) is 7.44. The van der Waals surface area contributed by atoms with Gasteiger partial charge in [-0.1, -0.05) is 85.6 Å². The van der Waals surface area contributed by atoms with E-state index >= 15 is 0 Å². The fraction of sp³-hybridized carbons (Fsp3) is 0.265. The largest absolute Gasteiger partial charge is 0.487 e. The molecule has 5 rings (SSSR count). The van der Waals surface area contributed by atoms with Gasteiger partial charge in [-0.05, 0) is 36.1 Å². The third-order valence-electron chi connectivity index (χ3n) is 7.44. The fourth-order valence-electron chi connectivity index (χ4n) is 5.19. The number of carbonyl (C=O) groups excluding carboxylic acids is 3. The highest BCUT2D eigenvalue weighted by atomic mass is 16.5. The second-order valence-corrected chi connectivity index (χ2v) is 10.7. The van der Waals surface area contributed by atoms with Crippen LogP contribution in [0.5, 0.6) is 5.75 Å². The molecule has 1 saturated carbocycles. The SMILES string of the molecule is N#CNC(=O)c1cc(C(=O)Nc2ccccc2OCc2ccccc2)n(CC(=O)N[C@H]2CCCC[C@@H]2OCc2ccccc2)n1. The number of hydrogen-bond acceptors (Lipinski definition) is 7. The molecule has 11 heteroatoms. The zero-order valence-corrected chi connectivity index (χ0v) is 24.6. The number of carbonyl (C=O) groups is 3. The lowest BCUT2D eigenvalue weighted by Gasteiger charge is -2.32. The van der Waals surface area contributed by atoms with Crippen molar-refractivity contribution in [2.75, 3.05) is 5.32 Å². The third kappa shape index (κ3) is 8.55. The molecule has 45 heavy (non-hydrogen) atoms. The molecule has 0 radical (unpaired) electrons. The van der Waals surface area contributed by atoms with Crippen molar-refractivity contribution in [1.29, 1.82) is 5.26 Å². The van der Waals surface area contributed by atoms with Crippen LogP contribution in [0.25, 0.3) is 0 Å². The molecular formula is C34H34N6O5. The van der Waals surface area contributed by atoms with Gasteiger partial charge < -0.3 is 20.1 Å². The summed E-state index contributed by atoms with van der Waals surface area (Å²) in [6.07, 6.45) is 4.94. The standard InChI is InChI=1S/C34H34N6O5/c35-23-36-33(42)28-19-29(34(43)38-27-16-8-10-18-31(27)45-22-25-13-5-2-6-14-25)40(39-28)20-32(41)37-26-15-7-9-17-30(26)44-21-24-11-3-1-4-12-24/h1-6,8,10-14,16,18-19,26,30H,7,9,15,17,20-22H2,(H,36,42)(H,37,41)(H,38,43)/t26-,30-/m0/s1. The van der Waals surface area contributed by atoms with Gasteiger partial charge in [-0.25, -0.2) is 4.68 Å². The van der Waals surface area contributed by atoms with Crippen molar-refractivity contribution in [3.8, 4) is 11.9 Å². The van der Waals surface area contributed by atoms with E-state index in [9.17, 15) is 14.4 Å². The summed E-state index contributed by atoms with van der Waals surface area (Å²) in [5, 5.41) is 21.0. The first-order chi connectivity index (χ1) is 22.0. The number of nitrogens with one attached hydrogen (secondary N) is 3. The maximum absolute atomic E-state index is 13.5. The highest BCUT2D eigenvalue weighted by Gasteiger charge is 2.28. The number of nitrogens with zero attached hydrogens (tertiary/aromatic N) is 3. The molecular weight excluding hydrogens is 572 g/mol. The monoisotopic (exact) mass is 606 g/mol. The Hall–Kier alpha value is -5.47. The normalized spacial score (nSPS) is 15.8. The van der Waals surface area contributed by atoms with Crippen molar-refractivity contribution in [2.24, 2.45) is 0 Å². The summed E-state index contributed by atoms with van der Waals surface area (Å²) < 4.78 is 13.3. The molecule has 1 aliphatic rings. The number of rotatable bonds is 12. The number of amides is 3. The highest BCUT2D eigenvalue weighted by Crippen LogP contribution is 2.26. The van der Waals surface area contributed by atoms with Gasteiger partial charge in [0.1, 0.15) is 24.6 Å². The van der Waals surface area contributed by atoms with Gasteiger partial charge in [0.25, 0.3) is 11.8 Å². The molecule has 11 nitrogen and oxygen atoms in total. The molecule has 0 saturated heterocycles. The van der Waals surface area contributed by atoms with Gasteiger partial charge in [0, 0.05) is 6.07 Å². The second-order valence-electron chi connectivity index (χ2n) is 10.7. The zero-order chi connectivity index (χ0) is 31.4. The lowest BCUT2D eigenvalue weighted by atomic mass is 9.92. The average Bonchev–Trinajstić information content (AvgIpc) is 3.49. The predicted octanol–water partition coefficient (Wildman–Crippen LogP) is 4.57. The molecule has 1 heterocycles. The number of hydrogen-bond donors (Lipinski definition) is 3. The van der Waals surface area contributed by atoms with Gasteiger partial charge in [-0.15, -0.1) is 0 Å². The van der Waals surface area contributed by atoms with Crippen LogP contribution >= 0.6 is 0 Å². The first kappa shape index (κ1) is 31.0. The Balaban J connectivity index is 1.29. The van der Waals surface area contributed by atoms with E-state index in [0.717, 1.165) is 41.5 Å². The quantitative estimate of drug-likeness (QED) is 0.158. The van der Waals surface area contributed by atoms with E-state index in [0.29, 0.717) is 24.7 Å². The summed E-state index contributed by atoms with van der Waals surface area (Å²) in [6, 6.07) is 27.5. The van der Waals surface area contributed by atoms with E-state index in [1.165, 1.54) is 6.07 Å². The molecule has 3 N–H and O–H groups in total. The Morgan fingerprint density at radius 2 is 1.53 bits per heavy atom. The van der Waals surface area contributed by atoms with Crippen LogP contribution in [0.2, 0.25) is 0 Å². The summed E-state index contributed by atoms with van der Waals surface area (Å²) in [7, 11) is 0. The number of para-hydroxylation sites is 2. The smallest absolute Gasteiger partial charge is 0.284 e. The van der Waals surface area contributed by atoms with Crippen LogP contribution in [0.15, 0.2) is 91.0 Å². The van der Waals surface area contributed by atoms with E-state index in [4.69, 9.17) is 14.7 Å². The van der Waals surface area contributed by atoms with Crippen molar-refractivity contribution < 1.29 is 23.9 Å². The van der Waals surface area contributed by atoms with Gasteiger partial charge >= 0.3 is 0 Å². The molecule has 4 aromatic rings. The Kier molecular flexibility index (Phi) is 10.5. The van der Waals surface area contributed by atoms with Gasteiger partial charge in [0.2, 0.25) is 5.91 Å². The minimum atomic E-state index is -0.793. The van der Waals surface area contributed by atoms with Crippen LogP contribution < -0.4 is 20.7 Å². The number of benzene rings is 3. The molecule has 3 amide bonds. The van der Waals surface area contributed by atoms with Gasteiger partial charge in [0.15, 0.2) is 11.9 Å². The van der Waals surface area contributed by atoms with Gasteiger partial charge in [-0.3, -0.25) is 19.7 Å². The van der Waals surface area contributed by atoms with E-state index in [1.54, 1.807) is 30.5 Å². The Bertz CT molecular complexity index is 1650. The van der Waals surface area contributed by atoms with E-state index in [-0.39, 0.29) is 36.0 Å². The summed E-state index contributed by atoms with van der Waals surface area (Å²) in [4.78, 5) is 39.2. The predicted molar refractivity (Wildman–Crippen MR) is 166 cm³/mol. The Morgan fingerprint density at radius 1 is 0.867 bits per heavy atom. The van der Waals surface area contributed by atoms with Crippen LogP contribution in [0.3, 0.4) is 0 Å². The molecule has 0 bridgehead atoms. The number of nitriles is 1. The van der Waals surface area contributed by atoms with E-state index < -0.39 is 11.8 Å². The van der Waals surface area contributed by atoms with Gasteiger partial charge in [-0.2, -0.15) is 10.4 Å². The molecule has 2 atom stereocenters.